The van der Waals surface area contributed by atoms with Gasteiger partial charge in [-0.2, -0.15) is 0 Å². The molecule has 0 radical (unpaired) electrons. The van der Waals surface area contributed by atoms with Crippen molar-refractivity contribution in [2.45, 2.75) is 46.1 Å². The van der Waals surface area contributed by atoms with Crippen LogP contribution in [0.25, 0.3) is 0 Å². The summed E-state index contributed by atoms with van der Waals surface area (Å²) in [5.41, 5.74) is -0.626. The molecule has 1 aliphatic heterocycles. The van der Waals surface area contributed by atoms with Crippen LogP contribution in [0.5, 0.6) is 0 Å². The topological polar surface area (TPSA) is 72.9 Å². The van der Waals surface area contributed by atoms with Gasteiger partial charge in [-0.05, 0) is 33.6 Å². The van der Waals surface area contributed by atoms with Crippen molar-refractivity contribution < 1.29 is 23.9 Å². The number of cyclic esters (lactones) is 1. The first-order chi connectivity index (χ1) is 10.2. The third kappa shape index (κ3) is 4.58. The SMILES string of the molecule is C=CC[C@H](C(=O)N1CCOC1=O)[C@@H](CC)C(=O)OC(C)(C)C. The van der Waals surface area contributed by atoms with Crippen LogP contribution in [0.15, 0.2) is 12.7 Å². The van der Waals surface area contributed by atoms with Gasteiger partial charge in [-0.3, -0.25) is 9.59 Å². The molecule has 124 valence electrons. The number of rotatable bonds is 6. The maximum absolute atomic E-state index is 12.6. The molecule has 0 aromatic heterocycles. The Bertz CT molecular complexity index is 452. The maximum Gasteiger partial charge on any atom is 0.416 e. The van der Waals surface area contributed by atoms with Gasteiger partial charge in [0.1, 0.15) is 12.2 Å². The quantitative estimate of drug-likeness (QED) is 0.557. The third-order valence-electron chi connectivity index (χ3n) is 3.40. The molecule has 0 N–H and O–H groups in total. The van der Waals surface area contributed by atoms with Gasteiger partial charge in [-0.15, -0.1) is 6.58 Å². The van der Waals surface area contributed by atoms with Crippen molar-refractivity contribution in [3.05, 3.63) is 12.7 Å². The standard InChI is InChI=1S/C16H25NO5/c1-6-8-12(13(18)17-9-10-21-15(17)20)11(7-2)14(19)22-16(3,4)5/h6,11-12H,1,7-10H2,2-5H3/t11-,12+/m1/s1. The Balaban J connectivity index is 2.94. The smallest absolute Gasteiger partial charge is 0.416 e. The highest BCUT2D eigenvalue weighted by atomic mass is 16.6. The number of ether oxygens (including phenoxy) is 2. The number of hydrogen-bond acceptors (Lipinski definition) is 5. The number of hydrogen-bond donors (Lipinski definition) is 0. The van der Waals surface area contributed by atoms with E-state index in [9.17, 15) is 14.4 Å². The van der Waals surface area contributed by atoms with Gasteiger partial charge in [0.05, 0.1) is 18.4 Å². The van der Waals surface area contributed by atoms with Crippen LogP contribution in [0.3, 0.4) is 0 Å². The molecule has 0 aliphatic carbocycles. The fourth-order valence-corrected chi connectivity index (χ4v) is 2.40. The molecule has 1 fully saturated rings. The van der Waals surface area contributed by atoms with Crippen LogP contribution in [-0.4, -0.2) is 41.6 Å². The molecule has 2 amide bonds. The molecule has 1 rings (SSSR count). The number of carbonyl (C=O) groups excluding carboxylic acids is 3. The molecule has 1 heterocycles. The average Bonchev–Trinajstić information content (AvgIpc) is 2.82. The van der Waals surface area contributed by atoms with Crippen molar-refractivity contribution in [3.8, 4) is 0 Å². The summed E-state index contributed by atoms with van der Waals surface area (Å²) in [6, 6.07) is 0. The number of allylic oxidation sites excluding steroid dienone is 1. The maximum atomic E-state index is 12.6. The molecule has 6 heteroatoms. The van der Waals surface area contributed by atoms with Crippen molar-refractivity contribution in [2.24, 2.45) is 11.8 Å². The average molecular weight is 311 g/mol. The summed E-state index contributed by atoms with van der Waals surface area (Å²) in [5.74, 6) is -2.11. The molecule has 6 nitrogen and oxygen atoms in total. The van der Waals surface area contributed by atoms with Gasteiger partial charge >= 0.3 is 12.1 Å². The van der Waals surface area contributed by atoms with Crippen molar-refractivity contribution in [3.63, 3.8) is 0 Å². The molecule has 0 bridgehead atoms. The molecular formula is C16H25NO5. The molecule has 0 saturated carbocycles. The Kier molecular flexibility index (Phi) is 6.14. The summed E-state index contributed by atoms with van der Waals surface area (Å²) >= 11 is 0. The lowest BCUT2D eigenvalue weighted by atomic mass is 9.86. The number of esters is 1. The van der Waals surface area contributed by atoms with E-state index in [1.54, 1.807) is 26.8 Å². The van der Waals surface area contributed by atoms with E-state index >= 15 is 0 Å². The van der Waals surface area contributed by atoms with Gasteiger partial charge in [0.2, 0.25) is 5.91 Å². The summed E-state index contributed by atoms with van der Waals surface area (Å²) in [6.07, 6.45) is 1.68. The van der Waals surface area contributed by atoms with E-state index in [0.717, 1.165) is 4.90 Å². The Labute approximate surface area is 131 Å². The second-order valence-electron chi connectivity index (χ2n) is 6.28. The van der Waals surface area contributed by atoms with E-state index in [1.807, 2.05) is 6.92 Å². The minimum Gasteiger partial charge on any atom is -0.460 e. The first-order valence-corrected chi connectivity index (χ1v) is 7.53. The highest BCUT2D eigenvalue weighted by molar-refractivity contribution is 5.96. The molecule has 1 aliphatic rings. The van der Waals surface area contributed by atoms with Crippen LogP contribution in [0, 0.1) is 11.8 Å². The Morgan fingerprint density at radius 2 is 2.05 bits per heavy atom. The highest BCUT2D eigenvalue weighted by Gasteiger charge is 2.40. The molecular weight excluding hydrogens is 286 g/mol. The summed E-state index contributed by atoms with van der Waals surface area (Å²) in [5, 5.41) is 0. The molecule has 0 spiro atoms. The first-order valence-electron chi connectivity index (χ1n) is 7.53. The molecule has 1 saturated heterocycles. The molecule has 22 heavy (non-hydrogen) atoms. The second kappa shape index (κ2) is 7.42. The Hall–Kier alpha value is -1.85. The van der Waals surface area contributed by atoms with E-state index in [-0.39, 0.29) is 13.2 Å². The van der Waals surface area contributed by atoms with Gasteiger partial charge in [0.25, 0.3) is 0 Å². The normalized spacial score (nSPS) is 17.6. The number of amides is 2. The summed E-state index contributed by atoms with van der Waals surface area (Å²) in [6.45, 7) is 11.2. The summed E-state index contributed by atoms with van der Waals surface area (Å²) in [4.78, 5) is 37.6. The zero-order valence-electron chi connectivity index (χ0n) is 13.8. The zero-order valence-corrected chi connectivity index (χ0v) is 13.8. The number of imide groups is 1. The second-order valence-corrected chi connectivity index (χ2v) is 6.28. The predicted octanol–water partition coefficient (Wildman–Crippen LogP) is 2.53. The number of carbonyl (C=O) groups is 3. The van der Waals surface area contributed by atoms with Gasteiger partial charge in [0, 0.05) is 0 Å². The van der Waals surface area contributed by atoms with E-state index in [1.165, 1.54) is 0 Å². The molecule has 2 atom stereocenters. The predicted molar refractivity (Wildman–Crippen MR) is 81.0 cm³/mol. The fraction of sp³-hybridized carbons (Fsp3) is 0.688. The van der Waals surface area contributed by atoms with E-state index in [4.69, 9.17) is 9.47 Å². The minimum absolute atomic E-state index is 0.189. The number of nitrogens with zero attached hydrogens (tertiary/aromatic N) is 1. The highest BCUT2D eigenvalue weighted by Crippen LogP contribution is 2.27. The lowest BCUT2D eigenvalue weighted by Crippen LogP contribution is -2.43. The van der Waals surface area contributed by atoms with E-state index in [2.05, 4.69) is 6.58 Å². The van der Waals surface area contributed by atoms with Crippen molar-refractivity contribution in [1.29, 1.82) is 0 Å². The van der Waals surface area contributed by atoms with Crippen LogP contribution >= 0.6 is 0 Å². The summed E-state index contributed by atoms with van der Waals surface area (Å²) in [7, 11) is 0. The van der Waals surface area contributed by atoms with Crippen LogP contribution in [-0.2, 0) is 19.1 Å². The van der Waals surface area contributed by atoms with E-state index in [0.29, 0.717) is 12.8 Å². The fourth-order valence-electron chi connectivity index (χ4n) is 2.40. The molecule has 0 unspecified atom stereocenters. The minimum atomic E-state index is -0.664. The van der Waals surface area contributed by atoms with Crippen molar-refractivity contribution in [2.75, 3.05) is 13.2 Å². The summed E-state index contributed by atoms with van der Waals surface area (Å²) < 4.78 is 10.2. The monoisotopic (exact) mass is 311 g/mol. The lowest BCUT2D eigenvalue weighted by molar-refractivity contribution is -0.164. The molecule has 0 aromatic rings. The Morgan fingerprint density at radius 3 is 2.45 bits per heavy atom. The van der Waals surface area contributed by atoms with Crippen LogP contribution in [0.1, 0.15) is 40.5 Å². The van der Waals surface area contributed by atoms with Crippen LogP contribution < -0.4 is 0 Å². The van der Waals surface area contributed by atoms with Gasteiger partial charge in [-0.25, -0.2) is 9.69 Å². The van der Waals surface area contributed by atoms with Crippen LogP contribution in [0.2, 0.25) is 0 Å². The lowest BCUT2D eigenvalue weighted by Gasteiger charge is -2.28. The van der Waals surface area contributed by atoms with E-state index < -0.39 is 35.4 Å². The van der Waals surface area contributed by atoms with Gasteiger partial charge in [-0.1, -0.05) is 13.0 Å². The largest absolute Gasteiger partial charge is 0.460 e. The van der Waals surface area contributed by atoms with Gasteiger partial charge < -0.3 is 9.47 Å². The first kappa shape index (κ1) is 18.2. The Morgan fingerprint density at radius 1 is 1.41 bits per heavy atom. The zero-order chi connectivity index (χ0) is 16.9. The molecule has 0 aromatic carbocycles. The van der Waals surface area contributed by atoms with Gasteiger partial charge in [0.15, 0.2) is 0 Å². The third-order valence-corrected chi connectivity index (χ3v) is 3.40. The van der Waals surface area contributed by atoms with Crippen molar-refractivity contribution >= 4 is 18.0 Å². The van der Waals surface area contributed by atoms with Crippen LogP contribution in [0.4, 0.5) is 4.79 Å². The van der Waals surface area contributed by atoms with Crippen molar-refractivity contribution in [1.82, 2.24) is 4.90 Å².